The molecule has 0 amide bonds. The molecular formula is C30H30N2O5. The first-order valence-electron chi connectivity index (χ1n) is 12.4. The number of aromatic nitrogens is 1. The lowest BCUT2D eigenvalue weighted by atomic mass is 9.95. The zero-order valence-electron chi connectivity index (χ0n) is 21.0. The number of ether oxygens (including phenoxy) is 2. The molecule has 0 bridgehead atoms. The molecular weight excluding hydrogens is 468 g/mol. The van der Waals surface area contributed by atoms with Gasteiger partial charge in [-0.25, -0.2) is 0 Å². The summed E-state index contributed by atoms with van der Waals surface area (Å²) < 4.78 is 17.1. The third-order valence-electron chi connectivity index (χ3n) is 6.72. The van der Waals surface area contributed by atoms with E-state index in [1.165, 1.54) is 6.42 Å². The number of hydrogen-bond donors (Lipinski definition) is 1. The molecule has 7 nitrogen and oxygen atoms in total. The fourth-order valence-corrected chi connectivity index (χ4v) is 4.75. The van der Waals surface area contributed by atoms with Crippen LogP contribution in [0.25, 0.3) is 22.6 Å². The van der Waals surface area contributed by atoms with Crippen molar-refractivity contribution in [3.8, 4) is 39.8 Å². The average molecular weight is 499 g/mol. The smallest absolute Gasteiger partial charge is 0.199 e. The van der Waals surface area contributed by atoms with Crippen LogP contribution >= 0.6 is 0 Å². The lowest BCUT2D eigenvalue weighted by Gasteiger charge is -2.29. The van der Waals surface area contributed by atoms with E-state index in [-0.39, 0.29) is 11.5 Å². The molecule has 1 N–H and O–H groups in total. The van der Waals surface area contributed by atoms with E-state index in [0.29, 0.717) is 57.7 Å². The highest BCUT2D eigenvalue weighted by atomic mass is 16.5. The predicted molar refractivity (Wildman–Crippen MR) is 141 cm³/mol. The molecule has 1 aromatic heterocycles. The molecule has 2 heterocycles. The summed E-state index contributed by atoms with van der Waals surface area (Å²) in [6.45, 7) is 2.75. The summed E-state index contributed by atoms with van der Waals surface area (Å²) in [4.78, 5) is 16.3. The van der Waals surface area contributed by atoms with Gasteiger partial charge in [0, 0.05) is 29.2 Å². The van der Waals surface area contributed by atoms with Gasteiger partial charge in [-0.15, -0.1) is 0 Å². The summed E-state index contributed by atoms with van der Waals surface area (Å²) in [5.74, 6) is 2.10. The average Bonchev–Trinajstić information content (AvgIpc) is 3.37. The van der Waals surface area contributed by atoms with Crippen molar-refractivity contribution in [3.05, 3.63) is 83.9 Å². The third kappa shape index (κ3) is 5.52. The van der Waals surface area contributed by atoms with E-state index in [2.05, 4.69) is 17.1 Å². The molecule has 0 saturated carbocycles. The Labute approximate surface area is 216 Å². The summed E-state index contributed by atoms with van der Waals surface area (Å²) in [5, 5.41) is 14.0. The Morgan fingerprint density at radius 2 is 1.81 bits per heavy atom. The normalized spacial score (nSPS) is 15.9. The summed E-state index contributed by atoms with van der Waals surface area (Å²) in [7, 11) is 3.74. The lowest BCUT2D eigenvalue weighted by molar-refractivity contribution is 0.103. The van der Waals surface area contributed by atoms with Gasteiger partial charge in [-0.2, -0.15) is 0 Å². The van der Waals surface area contributed by atoms with Crippen molar-refractivity contribution < 1.29 is 23.9 Å². The van der Waals surface area contributed by atoms with Crippen LogP contribution in [0.4, 0.5) is 0 Å². The molecule has 4 aromatic rings. The van der Waals surface area contributed by atoms with Crippen LogP contribution in [0.15, 0.2) is 77.3 Å². The minimum Gasteiger partial charge on any atom is -0.508 e. The summed E-state index contributed by atoms with van der Waals surface area (Å²) in [6, 6.07) is 21.1. The second-order valence-electron chi connectivity index (χ2n) is 9.45. The molecule has 37 heavy (non-hydrogen) atoms. The largest absolute Gasteiger partial charge is 0.508 e. The van der Waals surface area contributed by atoms with Crippen molar-refractivity contribution in [2.45, 2.75) is 12.8 Å². The summed E-state index contributed by atoms with van der Waals surface area (Å²) >= 11 is 0. The van der Waals surface area contributed by atoms with Crippen molar-refractivity contribution in [1.29, 1.82) is 0 Å². The van der Waals surface area contributed by atoms with Crippen molar-refractivity contribution in [3.63, 3.8) is 0 Å². The fraction of sp³-hybridized carbons (Fsp3) is 0.267. The number of carbonyl (C=O) groups excluding carboxylic acids is 1. The van der Waals surface area contributed by atoms with Gasteiger partial charge in [-0.1, -0.05) is 17.3 Å². The zero-order valence-corrected chi connectivity index (χ0v) is 21.0. The van der Waals surface area contributed by atoms with Crippen LogP contribution in [0, 0.1) is 5.92 Å². The van der Waals surface area contributed by atoms with Crippen LogP contribution in [0.3, 0.4) is 0 Å². The number of hydrogen-bond acceptors (Lipinski definition) is 7. The first kappa shape index (κ1) is 24.6. The number of phenolic OH excluding ortho intramolecular Hbond substituents is 1. The van der Waals surface area contributed by atoms with Crippen LogP contribution in [0.1, 0.15) is 28.8 Å². The molecule has 1 unspecified atom stereocenters. The van der Waals surface area contributed by atoms with Crippen molar-refractivity contribution in [2.75, 3.05) is 33.9 Å². The highest BCUT2D eigenvalue weighted by Gasteiger charge is 2.27. The van der Waals surface area contributed by atoms with E-state index in [0.717, 1.165) is 19.5 Å². The van der Waals surface area contributed by atoms with Gasteiger partial charge in [0.05, 0.1) is 19.3 Å². The fourth-order valence-electron chi connectivity index (χ4n) is 4.75. The predicted octanol–water partition coefficient (Wildman–Crippen LogP) is 5.67. The van der Waals surface area contributed by atoms with Crippen molar-refractivity contribution in [2.24, 2.45) is 5.92 Å². The third-order valence-corrected chi connectivity index (χ3v) is 6.72. The Morgan fingerprint density at radius 1 is 1.05 bits per heavy atom. The Balaban J connectivity index is 1.48. The Morgan fingerprint density at radius 3 is 2.54 bits per heavy atom. The van der Waals surface area contributed by atoms with Gasteiger partial charge in [0.25, 0.3) is 0 Å². The van der Waals surface area contributed by atoms with Gasteiger partial charge in [0.2, 0.25) is 0 Å². The van der Waals surface area contributed by atoms with Crippen LogP contribution in [-0.2, 0) is 0 Å². The van der Waals surface area contributed by atoms with Crippen LogP contribution in [0.2, 0.25) is 0 Å². The monoisotopic (exact) mass is 498 g/mol. The summed E-state index contributed by atoms with van der Waals surface area (Å²) in [6.07, 6.45) is 2.32. The van der Waals surface area contributed by atoms with Crippen molar-refractivity contribution >= 4 is 5.78 Å². The van der Waals surface area contributed by atoms with E-state index in [9.17, 15) is 9.90 Å². The topological polar surface area (TPSA) is 85.0 Å². The maximum atomic E-state index is 14.0. The number of methoxy groups -OCH3 is 1. The Kier molecular flexibility index (Phi) is 7.23. The van der Waals surface area contributed by atoms with E-state index in [1.807, 2.05) is 36.4 Å². The Hall–Kier alpha value is -4.10. The van der Waals surface area contributed by atoms with Crippen LogP contribution in [0.5, 0.6) is 17.2 Å². The zero-order chi connectivity index (χ0) is 25.8. The molecule has 3 aromatic carbocycles. The number of nitrogens with zero attached hydrogens (tertiary/aromatic N) is 2. The highest BCUT2D eigenvalue weighted by Crippen LogP contribution is 2.35. The van der Waals surface area contributed by atoms with Crippen LogP contribution < -0.4 is 9.47 Å². The molecule has 190 valence electrons. The van der Waals surface area contributed by atoms with Gasteiger partial charge < -0.3 is 24.0 Å². The summed E-state index contributed by atoms with van der Waals surface area (Å²) in [5.41, 5.74) is 2.61. The molecule has 0 spiro atoms. The first-order chi connectivity index (χ1) is 18.0. The second kappa shape index (κ2) is 10.9. The highest BCUT2D eigenvalue weighted by molar-refractivity contribution is 6.15. The van der Waals surface area contributed by atoms with Gasteiger partial charge in [0.15, 0.2) is 11.5 Å². The molecule has 1 fully saturated rings. The van der Waals surface area contributed by atoms with Crippen molar-refractivity contribution in [1.82, 2.24) is 10.1 Å². The number of carbonyl (C=O) groups is 1. The van der Waals surface area contributed by atoms with E-state index >= 15 is 0 Å². The van der Waals surface area contributed by atoms with Gasteiger partial charge in [0.1, 0.15) is 22.9 Å². The van der Waals surface area contributed by atoms with E-state index in [4.69, 9.17) is 14.0 Å². The molecule has 0 aliphatic carbocycles. The number of piperidine rings is 1. The number of phenols is 1. The van der Waals surface area contributed by atoms with Gasteiger partial charge in [-0.3, -0.25) is 4.79 Å². The lowest BCUT2D eigenvalue weighted by Crippen LogP contribution is -2.34. The molecule has 1 aliphatic rings. The molecule has 1 atom stereocenters. The number of aromatic hydroxyl groups is 1. The molecule has 5 rings (SSSR count). The molecule has 7 heteroatoms. The minimum atomic E-state index is -0.224. The molecule has 1 saturated heterocycles. The maximum Gasteiger partial charge on any atom is 0.199 e. The minimum absolute atomic E-state index is 0.129. The SMILES string of the molecule is COc1ccc(-c2onc(-c3ccc(O)cc3)c2C(=O)c2cccc(OCC3CCCN(C)C3)c2)cc1. The van der Waals surface area contributed by atoms with Gasteiger partial charge >= 0.3 is 0 Å². The van der Waals surface area contributed by atoms with Gasteiger partial charge in [-0.05, 0) is 87.1 Å². The van der Waals surface area contributed by atoms with E-state index < -0.39 is 0 Å². The standard InChI is InChI=1S/C30H30N2O5/c1-32-16-4-5-20(18-32)19-36-26-7-3-6-23(17-26)29(34)27-28(21-8-12-24(33)13-9-21)31-37-30(27)22-10-14-25(35-2)15-11-22/h3,6-15,17,20,33H,4-5,16,18-19H2,1-2H3. The maximum absolute atomic E-state index is 14.0. The number of benzene rings is 3. The number of rotatable bonds is 8. The number of ketones is 1. The van der Waals surface area contributed by atoms with Crippen LogP contribution in [-0.4, -0.2) is 54.8 Å². The second-order valence-corrected chi connectivity index (χ2v) is 9.45. The van der Waals surface area contributed by atoms with E-state index in [1.54, 1.807) is 43.5 Å². The quantitative estimate of drug-likeness (QED) is 0.313. The first-order valence-corrected chi connectivity index (χ1v) is 12.4. The number of likely N-dealkylation sites (tertiary alicyclic amines) is 1. The molecule has 1 aliphatic heterocycles. The molecule has 0 radical (unpaired) electrons. The Bertz CT molecular complexity index is 1360.